The number of fused-ring (bicyclic) bond motifs is 3. The lowest BCUT2D eigenvalue weighted by molar-refractivity contribution is -0.129. The van der Waals surface area contributed by atoms with Crippen LogP contribution in [0.5, 0.6) is 0 Å². The molecule has 136 valence electrons. The van der Waals surface area contributed by atoms with Gasteiger partial charge < -0.3 is 4.90 Å². The fourth-order valence-corrected chi connectivity index (χ4v) is 4.28. The van der Waals surface area contributed by atoms with Gasteiger partial charge in [0.1, 0.15) is 10.9 Å². The van der Waals surface area contributed by atoms with Crippen LogP contribution in [0.25, 0.3) is 16.7 Å². The number of nitrogens with zero attached hydrogens (tertiary/aromatic N) is 5. The zero-order chi connectivity index (χ0) is 18.1. The van der Waals surface area contributed by atoms with Crippen LogP contribution in [0.4, 0.5) is 0 Å². The van der Waals surface area contributed by atoms with Gasteiger partial charge in [0.2, 0.25) is 5.91 Å². The predicted molar refractivity (Wildman–Crippen MR) is 104 cm³/mol. The number of amides is 1. The molecule has 4 rings (SSSR count). The second-order valence-corrected chi connectivity index (χ2v) is 7.97. The number of thioether (sulfide) groups is 1. The molecule has 1 amide bonds. The van der Waals surface area contributed by atoms with Crippen molar-refractivity contribution >= 4 is 34.3 Å². The quantitative estimate of drug-likeness (QED) is 0.659. The number of carbonyl (C=O) groups excluding carboxylic acids is 1. The Bertz CT molecular complexity index is 946. The Labute approximate surface area is 157 Å². The molecule has 0 N–H and O–H groups in total. The number of para-hydroxylation sites is 2. The standard InChI is InChI=1S/C19H23N5OS/c1-13(2)17-21-22-18-19(20-14-8-4-5-9-15(14)24(17)18)26-12-16(25)23-10-6-3-7-11-23/h4-5,8-9,13H,3,6-7,10-12H2,1-2H3. The third-order valence-electron chi connectivity index (χ3n) is 4.78. The van der Waals surface area contributed by atoms with Crippen LogP contribution in [0.3, 0.4) is 0 Å². The number of piperidine rings is 1. The summed E-state index contributed by atoms with van der Waals surface area (Å²) >= 11 is 1.47. The molecule has 6 nitrogen and oxygen atoms in total. The van der Waals surface area contributed by atoms with Gasteiger partial charge in [-0.15, -0.1) is 10.2 Å². The molecular formula is C19H23N5OS. The average Bonchev–Trinajstić information content (AvgIpc) is 3.12. The molecule has 1 aliphatic rings. The lowest BCUT2D eigenvalue weighted by Gasteiger charge is -2.26. The van der Waals surface area contributed by atoms with Gasteiger partial charge in [-0.1, -0.05) is 37.7 Å². The van der Waals surface area contributed by atoms with Gasteiger partial charge in [0.25, 0.3) is 0 Å². The molecule has 3 aromatic rings. The van der Waals surface area contributed by atoms with E-state index in [2.05, 4.69) is 28.4 Å². The first-order chi connectivity index (χ1) is 12.6. The average molecular weight is 369 g/mol. The summed E-state index contributed by atoms with van der Waals surface area (Å²) in [6.45, 7) is 5.97. The minimum Gasteiger partial charge on any atom is -0.342 e. The second kappa shape index (κ2) is 7.23. The van der Waals surface area contributed by atoms with Crippen molar-refractivity contribution in [1.29, 1.82) is 0 Å². The largest absolute Gasteiger partial charge is 0.342 e. The van der Waals surface area contributed by atoms with Crippen molar-refractivity contribution in [3.05, 3.63) is 30.1 Å². The van der Waals surface area contributed by atoms with Crippen molar-refractivity contribution in [2.75, 3.05) is 18.8 Å². The maximum atomic E-state index is 12.5. The Kier molecular flexibility index (Phi) is 4.80. The van der Waals surface area contributed by atoms with Crippen LogP contribution in [0.1, 0.15) is 44.9 Å². The highest BCUT2D eigenvalue weighted by Crippen LogP contribution is 2.28. The topological polar surface area (TPSA) is 63.4 Å². The first-order valence-corrected chi connectivity index (χ1v) is 10.2. The van der Waals surface area contributed by atoms with E-state index in [4.69, 9.17) is 4.98 Å². The van der Waals surface area contributed by atoms with Gasteiger partial charge in [0.05, 0.1) is 16.8 Å². The summed E-state index contributed by atoms with van der Waals surface area (Å²) < 4.78 is 2.08. The number of hydrogen-bond acceptors (Lipinski definition) is 5. The summed E-state index contributed by atoms with van der Waals surface area (Å²) in [7, 11) is 0. The molecule has 1 fully saturated rings. The normalized spacial score (nSPS) is 15.3. The molecule has 1 saturated heterocycles. The third-order valence-corrected chi connectivity index (χ3v) is 5.72. The van der Waals surface area contributed by atoms with Crippen LogP contribution in [0, 0.1) is 0 Å². The van der Waals surface area contributed by atoms with Gasteiger partial charge in [-0.3, -0.25) is 9.20 Å². The van der Waals surface area contributed by atoms with Crippen molar-refractivity contribution in [1.82, 2.24) is 24.5 Å². The van der Waals surface area contributed by atoms with E-state index in [1.807, 2.05) is 29.2 Å². The number of likely N-dealkylation sites (tertiary alicyclic amines) is 1. The van der Waals surface area contributed by atoms with Gasteiger partial charge in [-0.2, -0.15) is 0 Å². The maximum absolute atomic E-state index is 12.5. The molecule has 1 aliphatic heterocycles. The molecule has 26 heavy (non-hydrogen) atoms. The second-order valence-electron chi connectivity index (χ2n) is 7.01. The number of hydrogen-bond donors (Lipinski definition) is 0. The first kappa shape index (κ1) is 17.3. The number of carbonyl (C=O) groups is 1. The maximum Gasteiger partial charge on any atom is 0.232 e. The molecule has 0 aliphatic carbocycles. The molecule has 2 aromatic heterocycles. The van der Waals surface area contributed by atoms with Crippen LogP contribution in [-0.2, 0) is 4.79 Å². The zero-order valence-electron chi connectivity index (χ0n) is 15.2. The molecule has 0 unspecified atom stereocenters. The lowest BCUT2D eigenvalue weighted by Crippen LogP contribution is -2.36. The summed E-state index contributed by atoms with van der Waals surface area (Å²) in [6, 6.07) is 8.02. The molecule has 0 atom stereocenters. The highest BCUT2D eigenvalue weighted by Gasteiger charge is 2.20. The Morgan fingerprint density at radius 1 is 1.15 bits per heavy atom. The Morgan fingerprint density at radius 3 is 2.69 bits per heavy atom. The summed E-state index contributed by atoms with van der Waals surface area (Å²) in [5.41, 5.74) is 2.64. The number of benzene rings is 1. The molecular weight excluding hydrogens is 346 g/mol. The molecule has 7 heteroatoms. The van der Waals surface area contributed by atoms with E-state index in [0.29, 0.717) is 5.75 Å². The summed E-state index contributed by atoms with van der Waals surface area (Å²) in [5.74, 6) is 1.75. The van der Waals surface area contributed by atoms with Crippen molar-refractivity contribution in [2.45, 2.75) is 44.1 Å². The summed E-state index contributed by atoms with van der Waals surface area (Å²) in [4.78, 5) is 19.3. The lowest BCUT2D eigenvalue weighted by atomic mass is 10.1. The fourth-order valence-electron chi connectivity index (χ4n) is 3.41. The number of aromatic nitrogens is 4. The molecule has 0 spiro atoms. The third kappa shape index (κ3) is 3.16. The van der Waals surface area contributed by atoms with E-state index >= 15 is 0 Å². The minimum absolute atomic E-state index is 0.186. The van der Waals surface area contributed by atoms with Crippen LogP contribution in [0.2, 0.25) is 0 Å². The zero-order valence-corrected chi connectivity index (χ0v) is 16.0. The predicted octanol–water partition coefficient (Wildman–Crippen LogP) is 3.51. The Balaban J connectivity index is 1.69. The van der Waals surface area contributed by atoms with Gasteiger partial charge in [-0.25, -0.2) is 4.98 Å². The van der Waals surface area contributed by atoms with Gasteiger partial charge in [-0.05, 0) is 31.4 Å². The monoisotopic (exact) mass is 369 g/mol. The van der Waals surface area contributed by atoms with Crippen molar-refractivity contribution in [2.24, 2.45) is 0 Å². The molecule has 1 aromatic carbocycles. The first-order valence-electron chi connectivity index (χ1n) is 9.19. The van der Waals surface area contributed by atoms with E-state index in [1.54, 1.807) is 0 Å². The van der Waals surface area contributed by atoms with Crippen molar-refractivity contribution in [3.8, 4) is 0 Å². The fraction of sp³-hybridized carbons (Fsp3) is 0.474. The number of rotatable bonds is 4. The molecule has 0 saturated carbocycles. The minimum atomic E-state index is 0.186. The van der Waals surface area contributed by atoms with E-state index < -0.39 is 0 Å². The molecule has 0 bridgehead atoms. The van der Waals surface area contributed by atoms with Gasteiger partial charge in [0.15, 0.2) is 5.65 Å². The Morgan fingerprint density at radius 2 is 1.92 bits per heavy atom. The Hall–Kier alpha value is -2.15. The highest BCUT2D eigenvalue weighted by molar-refractivity contribution is 8.00. The van der Waals surface area contributed by atoms with Crippen LogP contribution in [0.15, 0.2) is 29.3 Å². The summed E-state index contributed by atoms with van der Waals surface area (Å²) in [6.07, 6.45) is 3.44. The van der Waals surface area contributed by atoms with Gasteiger partial charge >= 0.3 is 0 Å². The summed E-state index contributed by atoms with van der Waals surface area (Å²) in [5, 5.41) is 9.54. The van der Waals surface area contributed by atoms with Gasteiger partial charge in [0, 0.05) is 19.0 Å². The van der Waals surface area contributed by atoms with Crippen molar-refractivity contribution < 1.29 is 4.79 Å². The smallest absolute Gasteiger partial charge is 0.232 e. The molecule has 3 heterocycles. The van der Waals surface area contributed by atoms with Crippen molar-refractivity contribution in [3.63, 3.8) is 0 Å². The van der Waals surface area contributed by atoms with E-state index in [-0.39, 0.29) is 11.8 Å². The van der Waals surface area contributed by atoms with E-state index in [0.717, 1.165) is 53.5 Å². The van der Waals surface area contributed by atoms with E-state index in [1.165, 1.54) is 18.2 Å². The highest BCUT2D eigenvalue weighted by atomic mass is 32.2. The van der Waals surface area contributed by atoms with Crippen LogP contribution in [-0.4, -0.2) is 49.2 Å². The van der Waals surface area contributed by atoms with E-state index in [9.17, 15) is 4.79 Å². The van der Waals surface area contributed by atoms with Crippen LogP contribution < -0.4 is 0 Å². The SMILES string of the molecule is CC(C)c1nnc2c(SCC(=O)N3CCCCC3)nc3ccccc3n12. The van der Waals surface area contributed by atoms with Crippen LogP contribution >= 0.6 is 11.8 Å². The molecule has 0 radical (unpaired) electrons.